The zero-order valence-corrected chi connectivity index (χ0v) is 12.8. The molecule has 2 atom stereocenters. The van der Waals surface area contributed by atoms with E-state index in [1.54, 1.807) is 0 Å². The maximum atomic E-state index is 6.03. The monoisotopic (exact) mass is 295 g/mol. The normalized spacial score (nSPS) is 53.4. The van der Waals surface area contributed by atoms with Gasteiger partial charge in [-0.3, -0.25) is 0 Å². The summed E-state index contributed by atoms with van der Waals surface area (Å²) in [7, 11) is -0.566. The maximum Gasteiger partial charge on any atom is 0.111 e. The summed E-state index contributed by atoms with van der Waals surface area (Å²) < 4.78 is 6.03. The predicted molar refractivity (Wildman–Crippen MR) is 81.6 cm³/mol. The minimum atomic E-state index is -0.566. The molecule has 2 aliphatic carbocycles. The first-order chi connectivity index (χ1) is 9.28. The fraction of sp³-hybridized carbons (Fsp3) is 0.733. The lowest BCUT2D eigenvalue weighted by Gasteiger charge is -2.61. The highest BCUT2D eigenvalue weighted by molar-refractivity contribution is 8.35. The summed E-state index contributed by atoms with van der Waals surface area (Å²) in [4.78, 5) is 1.49. The zero-order valence-electron chi connectivity index (χ0n) is 11.1. The van der Waals surface area contributed by atoms with Crippen molar-refractivity contribution in [1.29, 1.82) is 0 Å². The summed E-state index contributed by atoms with van der Waals surface area (Å²) >= 11 is 1.88. The number of rotatable bonds is 3. The second kappa shape index (κ2) is 3.79. The van der Waals surface area contributed by atoms with E-state index in [-0.39, 0.29) is 0 Å². The van der Waals surface area contributed by atoms with E-state index >= 15 is 0 Å². The second-order valence-corrected chi connectivity index (χ2v) is 11.3. The van der Waals surface area contributed by atoms with Gasteiger partial charge in [-0.15, -0.1) is 21.6 Å². The number of thiophene rings is 1. The third-order valence-corrected chi connectivity index (χ3v) is 10.5. The summed E-state index contributed by atoms with van der Waals surface area (Å²) in [5.41, 5.74) is 0.463. The van der Waals surface area contributed by atoms with Gasteiger partial charge in [-0.25, -0.2) is 0 Å². The summed E-state index contributed by atoms with van der Waals surface area (Å²) in [6.45, 7) is 1.08. The summed E-state index contributed by atoms with van der Waals surface area (Å²) in [5, 5.41) is 8.03. The summed E-state index contributed by atoms with van der Waals surface area (Å²) in [6, 6.07) is 4.42. The van der Waals surface area contributed by atoms with E-state index in [1.165, 1.54) is 37.0 Å². The zero-order chi connectivity index (χ0) is 12.5. The molecule has 1 N–H and O–H groups in total. The van der Waals surface area contributed by atoms with Crippen molar-refractivity contribution in [1.82, 2.24) is 5.32 Å². The van der Waals surface area contributed by atoms with Crippen molar-refractivity contribution >= 4 is 21.6 Å². The molecule has 0 aromatic carbocycles. The van der Waals surface area contributed by atoms with Gasteiger partial charge in [0, 0.05) is 27.5 Å². The Balaban J connectivity index is 1.38. The minimum absolute atomic E-state index is 0.463. The Morgan fingerprint density at radius 1 is 1.32 bits per heavy atom. The van der Waals surface area contributed by atoms with Gasteiger partial charge in [-0.1, -0.05) is 6.07 Å². The lowest BCUT2D eigenvalue weighted by molar-refractivity contribution is 0.108. The highest BCUT2D eigenvalue weighted by Gasteiger charge is 2.65. The van der Waals surface area contributed by atoms with Gasteiger partial charge in [0.05, 0.1) is 0 Å². The van der Waals surface area contributed by atoms with Crippen LogP contribution in [-0.2, 0) is 10.7 Å². The molecule has 3 aliphatic heterocycles. The van der Waals surface area contributed by atoms with Crippen LogP contribution in [0.25, 0.3) is 0 Å². The van der Waals surface area contributed by atoms with Crippen LogP contribution >= 0.6 is 21.6 Å². The maximum absolute atomic E-state index is 6.03. The van der Waals surface area contributed by atoms with Gasteiger partial charge in [0.15, 0.2) is 0 Å². The van der Waals surface area contributed by atoms with Crippen LogP contribution < -0.4 is 5.32 Å². The van der Waals surface area contributed by atoms with Gasteiger partial charge in [-0.05, 0) is 49.5 Å². The SMILES string of the molecule is c1csc(CNC23CC4CC(C2)S2(CO2)C(C4)C3)c1. The first-order valence-corrected chi connectivity index (χ1v) is 10.2. The van der Waals surface area contributed by atoms with E-state index < -0.39 is 10.3 Å². The number of hydrogen-bond donors (Lipinski definition) is 1. The Morgan fingerprint density at radius 2 is 2.11 bits per heavy atom. The molecule has 1 aromatic heterocycles. The predicted octanol–water partition coefficient (Wildman–Crippen LogP) is 3.63. The van der Waals surface area contributed by atoms with Crippen LogP contribution in [0, 0.1) is 5.92 Å². The summed E-state index contributed by atoms with van der Waals surface area (Å²) in [6.07, 6.45) is 7.20. The number of hydrogen-bond acceptors (Lipinski definition) is 3. The molecule has 104 valence electrons. The van der Waals surface area contributed by atoms with Crippen molar-refractivity contribution in [3.05, 3.63) is 22.4 Å². The van der Waals surface area contributed by atoms with Gasteiger partial charge < -0.3 is 9.50 Å². The fourth-order valence-corrected chi connectivity index (χ4v) is 9.87. The van der Waals surface area contributed by atoms with Gasteiger partial charge >= 0.3 is 0 Å². The smallest absolute Gasteiger partial charge is 0.111 e. The largest absolute Gasteiger partial charge is 0.323 e. The average molecular weight is 295 g/mol. The van der Waals surface area contributed by atoms with Crippen molar-refractivity contribution in [3.63, 3.8) is 0 Å². The van der Waals surface area contributed by atoms with Crippen molar-refractivity contribution < 1.29 is 4.18 Å². The summed E-state index contributed by atoms with van der Waals surface area (Å²) in [5.74, 6) is 2.14. The van der Waals surface area contributed by atoms with E-state index in [0.717, 1.165) is 28.9 Å². The molecule has 4 bridgehead atoms. The molecule has 2 unspecified atom stereocenters. The molecule has 4 heterocycles. The van der Waals surface area contributed by atoms with Crippen LogP contribution in [0.3, 0.4) is 0 Å². The highest BCUT2D eigenvalue weighted by Crippen LogP contribution is 2.81. The van der Waals surface area contributed by atoms with Crippen molar-refractivity contribution in [2.75, 3.05) is 5.94 Å². The van der Waals surface area contributed by atoms with E-state index in [9.17, 15) is 0 Å². The molecule has 19 heavy (non-hydrogen) atoms. The van der Waals surface area contributed by atoms with Crippen molar-refractivity contribution in [2.24, 2.45) is 5.92 Å². The minimum Gasteiger partial charge on any atom is -0.323 e. The van der Waals surface area contributed by atoms with Gasteiger partial charge in [0.25, 0.3) is 0 Å². The molecule has 5 fully saturated rings. The molecule has 1 spiro atoms. The lowest BCUT2D eigenvalue weighted by atomic mass is 9.66. The third kappa shape index (κ3) is 1.63. The number of nitrogens with one attached hydrogen (secondary N) is 1. The quantitative estimate of drug-likeness (QED) is 0.861. The average Bonchev–Trinajstić information content (AvgIpc) is 3.02. The molecular weight excluding hydrogens is 274 g/mol. The van der Waals surface area contributed by atoms with Gasteiger partial charge in [0.2, 0.25) is 0 Å². The molecule has 0 amide bonds. The Morgan fingerprint density at radius 3 is 2.74 bits per heavy atom. The van der Waals surface area contributed by atoms with E-state index in [4.69, 9.17) is 4.18 Å². The molecule has 2 nitrogen and oxygen atoms in total. The van der Waals surface area contributed by atoms with E-state index in [2.05, 4.69) is 22.8 Å². The van der Waals surface area contributed by atoms with Gasteiger partial charge in [-0.2, -0.15) is 0 Å². The Labute approximate surface area is 120 Å². The molecular formula is C15H21NOS2. The second-order valence-electron chi connectivity index (χ2n) is 6.92. The van der Waals surface area contributed by atoms with E-state index in [0.29, 0.717) is 5.54 Å². The van der Waals surface area contributed by atoms with Crippen LogP contribution in [0.15, 0.2) is 17.5 Å². The molecule has 5 aliphatic rings. The third-order valence-electron chi connectivity index (χ3n) is 5.84. The van der Waals surface area contributed by atoms with Crippen LogP contribution in [0.2, 0.25) is 0 Å². The molecule has 4 heteroatoms. The van der Waals surface area contributed by atoms with Gasteiger partial charge in [0.1, 0.15) is 5.94 Å². The fourth-order valence-electron chi connectivity index (χ4n) is 5.07. The molecule has 0 radical (unpaired) electrons. The van der Waals surface area contributed by atoms with Crippen LogP contribution in [-0.4, -0.2) is 22.0 Å². The van der Waals surface area contributed by atoms with Crippen molar-refractivity contribution in [3.8, 4) is 0 Å². The molecule has 3 saturated heterocycles. The Hall–Kier alpha value is -0.0300. The standard InChI is InChI=1S/C15H21NOS2/c1-2-12(18-3-1)9-16-15-6-11-4-13(7-15)19(10-17-19)14(5-11)8-15/h1-3,11,13-14,16H,4-10H2. The van der Waals surface area contributed by atoms with E-state index in [1.807, 2.05) is 11.3 Å². The topological polar surface area (TPSA) is 24.6 Å². The van der Waals surface area contributed by atoms with Crippen LogP contribution in [0.4, 0.5) is 0 Å². The Bertz CT molecular complexity index is 478. The van der Waals surface area contributed by atoms with Crippen LogP contribution in [0.5, 0.6) is 0 Å². The highest BCUT2D eigenvalue weighted by atomic mass is 32.3. The van der Waals surface area contributed by atoms with Crippen molar-refractivity contribution in [2.45, 2.75) is 54.7 Å². The molecule has 2 saturated carbocycles. The molecule has 1 aromatic rings. The lowest BCUT2D eigenvalue weighted by Crippen LogP contribution is -2.61. The van der Waals surface area contributed by atoms with Crippen LogP contribution in [0.1, 0.15) is 37.0 Å². The molecule has 6 rings (SSSR count). The first kappa shape index (κ1) is 11.6. The first-order valence-electron chi connectivity index (χ1n) is 7.49. The Kier molecular flexibility index (Phi) is 2.31.